The molecule has 0 aliphatic rings. The predicted molar refractivity (Wildman–Crippen MR) is 75.0 cm³/mol. The topological polar surface area (TPSA) is 46.9 Å². The maximum Gasteiger partial charge on any atom is 0.224 e. The van der Waals surface area contributed by atoms with Crippen LogP contribution in [-0.2, 0) is 17.8 Å². The van der Waals surface area contributed by atoms with Gasteiger partial charge in [-0.25, -0.2) is 0 Å². The molecule has 19 heavy (non-hydrogen) atoms. The summed E-state index contributed by atoms with van der Waals surface area (Å²) in [6, 6.07) is 9.28. The van der Waals surface area contributed by atoms with Crippen LogP contribution >= 0.6 is 11.6 Å². The Labute approximate surface area is 117 Å². The first-order valence-corrected chi connectivity index (χ1v) is 6.61. The number of aromatic nitrogens is 2. The van der Waals surface area contributed by atoms with E-state index in [2.05, 4.69) is 10.4 Å². The van der Waals surface area contributed by atoms with Gasteiger partial charge in [-0.05, 0) is 24.1 Å². The number of carbonyl (C=O) groups is 1. The Morgan fingerprint density at radius 3 is 2.89 bits per heavy atom. The average molecular weight is 278 g/mol. The molecular weight excluding hydrogens is 262 g/mol. The summed E-state index contributed by atoms with van der Waals surface area (Å²) < 4.78 is 1.85. The standard InChI is InChI=1S/C14H16ClN3O/c15-13-6-2-1-5-12(13)11-14(19)16-7-3-9-18-10-4-8-17-18/h1-2,4-6,8,10H,3,7,9,11H2,(H,16,19). The highest BCUT2D eigenvalue weighted by Crippen LogP contribution is 2.15. The first kappa shape index (κ1) is 13.6. The van der Waals surface area contributed by atoms with Crippen molar-refractivity contribution in [1.82, 2.24) is 15.1 Å². The highest BCUT2D eigenvalue weighted by molar-refractivity contribution is 6.31. The number of carbonyl (C=O) groups excluding carboxylic acids is 1. The van der Waals surface area contributed by atoms with Gasteiger partial charge in [-0.2, -0.15) is 5.10 Å². The molecule has 0 saturated carbocycles. The van der Waals surface area contributed by atoms with Crippen molar-refractivity contribution in [3.63, 3.8) is 0 Å². The Morgan fingerprint density at radius 2 is 2.16 bits per heavy atom. The van der Waals surface area contributed by atoms with Crippen LogP contribution in [0.2, 0.25) is 5.02 Å². The molecule has 0 aliphatic carbocycles. The molecule has 1 amide bonds. The van der Waals surface area contributed by atoms with Crippen LogP contribution in [0.25, 0.3) is 0 Å². The Bertz CT molecular complexity index is 525. The molecule has 0 fully saturated rings. The number of hydrogen-bond acceptors (Lipinski definition) is 2. The van der Waals surface area contributed by atoms with Gasteiger partial charge < -0.3 is 5.32 Å². The molecule has 5 heteroatoms. The number of aryl methyl sites for hydroxylation is 1. The fourth-order valence-corrected chi connectivity index (χ4v) is 1.98. The maximum absolute atomic E-state index is 11.7. The van der Waals surface area contributed by atoms with Gasteiger partial charge in [0.25, 0.3) is 0 Å². The quantitative estimate of drug-likeness (QED) is 0.824. The van der Waals surface area contributed by atoms with Crippen molar-refractivity contribution >= 4 is 17.5 Å². The number of halogens is 1. The van der Waals surface area contributed by atoms with E-state index in [1.807, 2.05) is 35.1 Å². The van der Waals surface area contributed by atoms with Crippen LogP contribution in [0.1, 0.15) is 12.0 Å². The van der Waals surface area contributed by atoms with Gasteiger partial charge in [0.05, 0.1) is 6.42 Å². The van der Waals surface area contributed by atoms with Crippen LogP contribution in [0.4, 0.5) is 0 Å². The summed E-state index contributed by atoms with van der Waals surface area (Å²) in [5, 5.41) is 7.61. The molecule has 0 atom stereocenters. The Kier molecular flexibility index (Phi) is 4.98. The summed E-state index contributed by atoms with van der Waals surface area (Å²) in [6.45, 7) is 1.45. The minimum absolute atomic E-state index is 0.00596. The smallest absolute Gasteiger partial charge is 0.224 e. The van der Waals surface area contributed by atoms with Gasteiger partial charge in [-0.3, -0.25) is 9.48 Å². The molecule has 1 aromatic heterocycles. The van der Waals surface area contributed by atoms with E-state index in [0.29, 0.717) is 18.0 Å². The highest BCUT2D eigenvalue weighted by atomic mass is 35.5. The van der Waals surface area contributed by atoms with Gasteiger partial charge in [-0.15, -0.1) is 0 Å². The van der Waals surface area contributed by atoms with E-state index >= 15 is 0 Å². The van der Waals surface area contributed by atoms with Crippen molar-refractivity contribution in [3.8, 4) is 0 Å². The summed E-state index contributed by atoms with van der Waals surface area (Å²) in [5.74, 6) is -0.00596. The zero-order valence-electron chi connectivity index (χ0n) is 10.6. The Balaban J connectivity index is 1.69. The molecule has 4 nitrogen and oxygen atoms in total. The molecule has 1 heterocycles. The van der Waals surface area contributed by atoms with Crippen molar-refractivity contribution in [2.75, 3.05) is 6.54 Å². The SMILES string of the molecule is O=C(Cc1ccccc1Cl)NCCCn1cccn1. The van der Waals surface area contributed by atoms with Gasteiger partial charge in [0.2, 0.25) is 5.91 Å². The maximum atomic E-state index is 11.7. The molecule has 2 aromatic rings. The number of rotatable bonds is 6. The van der Waals surface area contributed by atoms with Crippen LogP contribution in [0.5, 0.6) is 0 Å². The molecule has 0 radical (unpaired) electrons. The van der Waals surface area contributed by atoms with Gasteiger partial charge in [0.15, 0.2) is 0 Å². The molecule has 1 aromatic carbocycles. The predicted octanol–water partition coefficient (Wildman–Crippen LogP) is 2.29. The first-order valence-electron chi connectivity index (χ1n) is 6.23. The molecule has 0 spiro atoms. The average Bonchev–Trinajstić information content (AvgIpc) is 2.91. The van der Waals surface area contributed by atoms with Crippen LogP contribution in [0, 0.1) is 0 Å². The summed E-state index contributed by atoms with van der Waals surface area (Å²) in [6.07, 6.45) is 4.83. The molecule has 100 valence electrons. The summed E-state index contributed by atoms with van der Waals surface area (Å²) in [4.78, 5) is 11.7. The van der Waals surface area contributed by atoms with E-state index in [0.717, 1.165) is 18.5 Å². The third-order valence-corrected chi connectivity index (χ3v) is 3.12. The number of amides is 1. The van der Waals surface area contributed by atoms with Crippen molar-refractivity contribution in [2.24, 2.45) is 0 Å². The molecule has 1 N–H and O–H groups in total. The summed E-state index contributed by atoms with van der Waals surface area (Å²) in [7, 11) is 0. The lowest BCUT2D eigenvalue weighted by Gasteiger charge is -2.06. The van der Waals surface area contributed by atoms with Crippen molar-refractivity contribution in [1.29, 1.82) is 0 Å². The highest BCUT2D eigenvalue weighted by Gasteiger charge is 2.05. The first-order chi connectivity index (χ1) is 9.25. The second-order valence-electron chi connectivity index (χ2n) is 4.24. The number of nitrogens with zero attached hydrogens (tertiary/aromatic N) is 2. The molecular formula is C14H16ClN3O. The molecule has 0 aliphatic heterocycles. The third-order valence-electron chi connectivity index (χ3n) is 2.75. The van der Waals surface area contributed by atoms with Crippen molar-refractivity contribution < 1.29 is 4.79 Å². The largest absolute Gasteiger partial charge is 0.356 e. The van der Waals surface area contributed by atoms with E-state index in [1.54, 1.807) is 12.3 Å². The van der Waals surface area contributed by atoms with Crippen LogP contribution in [-0.4, -0.2) is 22.2 Å². The fraction of sp³-hybridized carbons (Fsp3) is 0.286. The minimum Gasteiger partial charge on any atom is -0.356 e. The summed E-state index contributed by atoms with van der Waals surface area (Å²) >= 11 is 6.01. The zero-order chi connectivity index (χ0) is 13.5. The van der Waals surface area contributed by atoms with E-state index in [9.17, 15) is 4.79 Å². The third kappa shape index (κ3) is 4.41. The van der Waals surface area contributed by atoms with Crippen LogP contribution in [0.15, 0.2) is 42.7 Å². The monoisotopic (exact) mass is 277 g/mol. The second-order valence-corrected chi connectivity index (χ2v) is 4.65. The van der Waals surface area contributed by atoms with E-state index in [-0.39, 0.29) is 5.91 Å². The molecule has 2 rings (SSSR count). The number of nitrogens with one attached hydrogen (secondary N) is 1. The van der Waals surface area contributed by atoms with E-state index in [4.69, 9.17) is 11.6 Å². The molecule has 0 bridgehead atoms. The lowest BCUT2D eigenvalue weighted by atomic mass is 10.1. The zero-order valence-corrected chi connectivity index (χ0v) is 11.3. The second kappa shape index (κ2) is 6.95. The lowest BCUT2D eigenvalue weighted by Crippen LogP contribution is -2.26. The normalized spacial score (nSPS) is 10.4. The Hall–Kier alpha value is -1.81. The van der Waals surface area contributed by atoms with Gasteiger partial charge in [0.1, 0.15) is 0 Å². The van der Waals surface area contributed by atoms with E-state index < -0.39 is 0 Å². The number of benzene rings is 1. The molecule has 0 saturated heterocycles. The van der Waals surface area contributed by atoms with E-state index in [1.165, 1.54) is 0 Å². The van der Waals surface area contributed by atoms with Crippen LogP contribution in [0.3, 0.4) is 0 Å². The van der Waals surface area contributed by atoms with Crippen molar-refractivity contribution in [3.05, 3.63) is 53.3 Å². The number of hydrogen-bond donors (Lipinski definition) is 1. The molecule has 0 unspecified atom stereocenters. The van der Waals surface area contributed by atoms with Gasteiger partial charge >= 0.3 is 0 Å². The minimum atomic E-state index is -0.00596. The fourth-order valence-electron chi connectivity index (χ4n) is 1.78. The summed E-state index contributed by atoms with van der Waals surface area (Å²) in [5.41, 5.74) is 0.855. The lowest BCUT2D eigenvalue weighted by molar-refractivity contribution is -0.120. The van der Waals surface area contributed by atoms with Gasteiger partial charge in [0, 0.05) is 30.5 Å². The van der Waals surface area contributed by atoms with Crippen LogP contribution < -0.4 is 5.32 Å². The Morgan fingerprint density at radius 1 is 1.32 bits per heavy atom. The van der Waals surface area contributed by atoms with Gasteiger partial charge in [-0.1, -0.05) is 29.8 Å². The van der Waals surface area contributed by atoms with Crippen molar-refractivity contribution in [2.45, 2.75) is 19.4 Å².